The van der Waals surface area contributed by atoms with E-state index in [0.29, 0.717) is 17.2 Å². The number of H-pyrrole nitrogens is 1. The molecule has 2 heterocycles. The Bertz CT molecular complexity index is 682. The number of carbonyl (C=O) groups is 1. The summed E-state index contributed by atoms with van der Waals surface area (Å²) in [6, 6.07) is 4.37. The van der Waals surface area contributed by atoms with Gasteiger partial charge in [0.15, 0.2) is 0 Å². The Hall–Kier alpha value is -1.92. The number of benzene rings is 1. The van der Waals surface area contributed by atoms with Crippen molar-refractivity contribution in [2.75, 3.05) is 18.4 Å². The van der Waals surface area contributed by atoms with Crippen molar-refractivity contribution in [3.8, 4) is 0 Å². The first-order valence-corrected chi connectivity index (χ1v) is 7.49. The Morgan fingerprint density at radius 2 is 2.36 bits per heavy atom. The molecule has 1 aromatic carbocycles. The highest BCUT2D eigenvalue weighted by Crippen LogP contribution is 2.27. The fourth-order valence-electron chi connectivity index (χ4n) is 2.64. The highest BCUT2D eigenvalue weighted by Gasteiger charge is 2.22. The molecule has 1 unspecified atom stereocenters. The summed E-state index contributed by atoms with van der Waals surface area (Å²) in [6.07, 6.45) is 2.70. The zero-order chi connectivity index (χ0) is 15.5. The van der Waals surface area contributed by atoms with Crippen LogP contribution in [0.5, 0.6) is 0 Å². The van der Waals surface area contributed by atoms with E-state index in [9.17, 15) is 9.18 Å². The Labute approximate surface area is 132 Å². The zero-order valence-electron chi connectivity index (χ0n) is 11.8. The normalized spacial score (nSPS) is 17.6. The van der Waals surface area contributed by atoms with Crippen LogP contribution in [0.3, 0.4) is 0 Å². The summed E-state index contributed by atoms with van der Waals surface area (Å²) in [6.45, 7) is 1.83. The van der Waals surface area contributed by atoms with Crippen molar-refractivity contribution in [3.63, 3.8) is 0 Å². The fraction of sp³-hybridized carbons (Fsp3) is 0.333. The Kier molecular flexibility index (Phi) is 4.40. The van der Waals surface area contributed by atoms with Crippen molar-refractivity contribution in [2.24, 2.45) is 0 Å². The van der Waals surface area contributed by atoms with Crippen molar-refractivity contribution >= 4 is 23.2 Å². The van der Waals surface area contributed by atoms with E-state index in [0.717, 1.165) is 25.2 Å². The molecular weight excluding hydrogens is 307 g/mol. The monoisotopic (exact) mass is 322 g/mol. The molecule has 1 aliphatic rings. The quantitative estimate of drug-likeness (QED) is 0.810. The summed E-state index contributed by atoms with van der Waals surface area (Å²) in [7, 11) is 0. The summed E-state index contributed by atoms with van der Waals surface area (Å²) >= 11 is 5.63. The molecule has 0 radical (unpaired) electrons. The average molecular weight is 323 g/mol. The molecule has 22 heavy (non-hydrogen) atoms. The number of nitrogens with zero attached hydrogens (tertiary/aromatic N) is 1. The van der Waals surface area contributed by atoms with E-state index in [-0.39, 0.29) is 17.4 Å². The maximum absolute atomic E-state index is 13.4. The van der Waals surface area contributed by atoms with Crippen LogP contribution >= 0.6 is 11.6 Å². The van der Waals surface area contributed by atoms with Crippen LogP contribution in [-0.4, -0.2) is 29.2 Å². The minimum atomic E-state index is -0.520. The topological polar surface area (TPSA) is 69.8 Å². The van der Waals surface area contributed by atoms with Gasteiger partial charge in [-0.2, -0.15) is 5.10 Å². The van der Waals surface area contributed by atoms with Crippen molar-refractivity contribution < 1.29 is 9.18 Å². The highest BCUT2D eigenvalue weighted by atomic mass is 35.5. The average Bonchev–Trinajstić information content (AvgIpc) is 3.13. The highest BCUT2D eigenvalue weighted by molar-refractivity contribution is 6.30. The smallest absolute Gasteiger partial charge is 0.228 e. The number of hydrogen-bond donors (Lipinski definition) is 3. The minimum absolute atomic E-state index is 0.0509. The van der Waals surface area contributed by atoms with Crippen LogP contribution in [0.4, 0.5) is 10.1 Å². The molecule has 3 N–H and O–H groups in total. The number of carbonyl (C=O) groups excluding carboxylic acids is 1. The molecule has 1 amide bonds. The summed E-state index contributed by atoms with van der Waals surface area (Å²) in [5.41, 5.74) is 2.20. The van der Waals surface area contributed by atoms with Gasteiger partial charge in [0, 0.05) is 12.5 Å². The van der Waals surface area contributed by atoms with Crippen LogP contribution in [0.2, 0.25) is 5.02 Å². The maximum atomic E-state index is 13.4. The van der Waals surface area contributed by atoms with Gasteiger partial charge in [0.25, 0.3) is 0 Å². The lowest BCUT2D eigenvalue weighted by atomic mass is 10.0. The van der Waals surface area contributed by atoms with Crippen molar-refractivity contribution in [1.82, 2.24) is 15.5 Å². The number of halogens is 2. The fourth-order valence-corrected chi connectivity index (χ4v) is 2.75. The number of hydrogen-bond acceptors (Lipinski definition) is 3. The van der Waals surface area contributed by atoms with Gasteiger partial charge < -0.3 is 10.6 Å². The van der Waals surface area contributed by atoms with Gasteiger partial charge in [-0.15, -0.1) is 0 Å². The van der Waals surface area contributed by atoms with Gasteiger partial charge in [-0.25, -0.2) is 4.39 Å². The van der Waals surface area contributed by atoms with Crippen LogP contribution in [-0.2, 0) is 11.2 Å². The van der Waals surface area contributed by atoms with Gasteiger partial charge >= 0.3 is 0 Å². The second kappa shape index (κ2) is 6.46. The zero-order valence-corrected chi connectivity index (χ0v) is 12.6. The Morgan fingerprint density at radius 1 is 1.50 bits per heavy atom. The van der Waals surface area contributed by atoms with Crippen molar-refractivity contribution in [3.05, 3.63) is 46.5 Å². The van der Waals surface area contributed by atoms with E-state index < -0.39 is 5.82 Å². The first kappa shape index (κ1) is 15.0. The first-order chi connectivity index (χ1) is 10.6. The van der Waals surface area contributed by atoms with Crippen LogP contribution in [0, 0.1) is 5.82 Å². The van der Waals surface area contributed by atoms with Crippen LogP contribution in [0.15, 0.2) is 24.4 Å². The standard InChI is InChI=1S/C15H16ClFN4O/c16-11-2-1-9(5-12(11)17)6-14(22)20-13-8-19-21-15(13)10-3-4-18-7-10/h1-2,5,8,10,18H,3-4,6-7H2,(H,19,21)(H,20,22). The second-order valence-electron chi connectivity index (χ2n) is 5.36. The number of amides is 1. The summed E-state index contributed by atoms with van der Waals surface area (Å²) in [5, 5.41) is 13.1. The van der Waals surface area contributed by atoms with Gasteiger partial charge in [0.05, 0.1) is 29.0 Å². The summed E-state index contributed by atoms with van der Waals surface area (Å²) in [4.78, 5) is 12.1. The van der Waals surface area contributed by atoms with E-state index in [2.05, 4.69) is 20.8 Å². The van der Waals surface area contributed by atoms with Gasteiger partial charge in [-0.1, -0.05) is 17.7 Å². The van der Waals surface area contributed by atoms with Gasteiger partial charge in [-0.05, 0) is 30.7 Å². The molecule has 0 spiro atoms. The largest absolute Gasteiger partial charge is 0.323 e. The number of aromatic amines is 1. The molecular formula is C15H16ClFN4O. The molecule has 0 saturated carbocycles. The predicted octanol–water partition coefficient (Wildman–Crippen LogP) is 2.46. The molecule has 3 rings (SSSR count). The van der Waals surface area contributed by atoms with E-state index in [1.807, 2.05) is 0 Å². The van der Waals surface area contributed by atoms with E-state index in [1.54, 1.807) is 12.3 Å². The molecule has 1 fully saturated rings. The summed E-state index contributed by atoms with van der Waals surface area (Å²) in [5.74, 6) is -0.408. The SMILES string of the molecule is O=C(Cc1ccc(Cl)c(F)c1)Nc1cn[nH]c1C1CCNC1. The lowest BCUT2D eigenvalue weighted by molar-refractivity contribution is -0.115. The third-order valence-corrected chi connectivity index (χ3v) is 4.07. The van der Waals surface area contributed by atoms with Crippen LogP contribution in [0.1, 0.15) is 23.6 Å². The summed E-state index contributed by atoms with van der Waals surface area (Å²) < 4.78 is 13.4. The molecule has 7 heteroatoms. The van der Waals surface area contributed by atoms with E-state index in [4.69, 9.17) is 11.6 Å². The molecule has 0 aliphatic carbocycles. The molecule has 1 aromatic heterocycles. The Morgan fingerprint density at radius 3 is 3.09 bits per heavy atom. The van der Waals surface area contributed by atoms with Crippen LogP contribution < -0.4 is 10.6 Å². The van der Waals surface area contributed by atoms with Crippen LogP contribution in [0.25, 0.3) is 0 Å². The molecule has 2 aromatic rings. The van der Waals surface area contributed by atoms with Crippen molar-refractivity contribution in [2.45, 2.75) is 18.8 Å². The first-order valence-electron chi connectivity index (χ1n) is 7.11. The molecule has 1 atom stereocenters. The Balaban J connectivity index is 1.67. The van der Waals surface area contributed by atoms with E-state index in [1.165, 1.54) is 12.1 Å². The molecule has 1 saturated heterocycles. The van der Waals surface area contributed by atoms with Gasteiger partial charge in [0.2, 0.25) is 5.91 Å². The van der Waals surface area contributed by atoms with E-state index >= 15 is 0 Å². The molecule has 116 valence electrons. The minimum Gasteiger partial charge on any atom is -0.323 e. The lowest BCUT2D eigenvalue weighted by Gasteiger charge is -2.10. The van der Waals surface area contributed by atoms with Gasteiger partial charge in [-0.3, -0.25) is 9.89 Å². The third kappa shape index (κ3) is 3.28. The van der Waals surface area contributed by atoms with Crippen molar-refractivity contribution in [1.29, 1.82) is 0 Å². The maximum Gasteiger partial charge on any atom is 0.228 e. The second-order valence-corrected chi connectivity index (χ2v) is 5.77. The lowest BCUT2D eigenvalue weighted by Crippen LogP contribution is -2.16. The molecule has 5 nitrogen and oxygen atoms in total. The third-order valence-electron chi connectivity index (χ3n) is 3.76. The molecule has 0 bridgehead atoms. The van der Waals surface area contributed by atoms with Gasteiger partial charge in [0.1, 0.15) is 5.82 Å². The number of rotatable bonds is 4. The molecule has 1 aliphatic heterocycles. The number of anilines is 1. The number of aromatic nitrogens is 2. The number of nitrogens with one attached hydrogen (secondary N) is 3. The predicted molar refractivity (Wildman–Crippen MR) is 82.6 cm³/mol.